The number of hydrogen-bond acceptors (Lipinski definition) is 2. The van der Waals surface area contributed by atoms with Crippen LogP contribution in [0.1, 0.15) is 6.42 Å². The van der Waals surface area contributed by atoms with Crippen molar-refractivity contribution < 1.29 is 0 Å². The first-order valence-corrected chi connectivity index (χ1v) is 6.02. The van der Waals surface area contributed by atoms with Crippen LogP contribution in [0.5, 0.6) is 0 Å². The molecule has 0 spiro atoms. The second-order valence-corrected chi connectivity index (χ2v) is 4.37. The summed E-state index contributed by atoms with van der Waals surface area (Å²) in [5.41, 5.74) is 0. The Bertz CT molecular complexity index is 76.0. The minimum absolute atomic E-state index is 0.777. The lowest BCUT2D eigenvalue weighted by atomic mass is 10.6. The van der Waals surface area contributed by atoms with E-state index in [1.807, 2.05) is 17.2 Å². The van der Waals surface area contributed by atoms with Gasteiger partial charge in [0.05, 0.1) is 0 Å². The molecule has 0 saturated carbocycles. The van der Waals surface area contributed by atoms with Crippen LogP contribution in [-0.4, -0.2) is 23.1 Å². The molecule has 60 valence electrons. The minimum atomic E-state index is 0.777. The van der Waals surface area contributed by atoms with Crippen LogP contribution in [0.3, 0.4) is 0 Å². The zero-order valence-electron chi connectivity index (χ0n) is 6.01. The Balaban J connectivity index is 2.70. The highest BCUT2D eigenvalue weighted by Gasteiger charge is 1.87. The molecule has 0 atom stereocenters. The van der Waals surface area contributed by atoms with Gasteiger partial charge in [0.15, 0.2) is 0 Å². The molecule has 0 amide bonds. The zero-order chi connectivity index (χ0) is 7.66. The van der Waals surface area contributed by atoms with Gasteiger partial charge in [-0.25, -0.2) is 0 Å². The predicted molar refractivity (Wildman–Crippen MR) is 55.3 cm³/mol. The topological polar surface area (TPSA) is 0 Å². The normalized spacial score (nSPS) is 9.70. The molecule has 0 saturated heterocycles. The molecule has 0 aromatic heterocycles. The summed E-state index contributed by atoms with van der Waals surface area (Å²) in [7, 11) is 0. The van der Waals surface area contributed by atoms with Gasteiger partial charge in [0.1, 0.15) is 0 Å². The van der Waals surface area contributed by atoms with E-state index in [-0.39, 0.29) is 0 Å². The van der Waals surface area contributed by atoms with Crippen molar-refractivity contribution in [3.05, 3.63) is 12.0 Å². The van der Waals surface area contributed by atoms with E-state index in [1.54, 1.807) is 11.8 Å². The summed E-state index contributed by atoms with van der Waals surface area (Å²) in [5, 5.41) is 1.90. The maximum Gasteiger partial charge on any atom is 0.0314 e. The SMILES string of the molecule is C=CSCCCSCCCl. The van der Waals surface area contributed by atoms with Gasteiger partial charge >= 0.3 is 0 Å². The summed E-state index contributed by atoms with van der Waals surface area (Å²) in [6.07, 6.45) is 1.26. The second-order valence-electron chi connectivity index (χ2n) is 1.69. The highest BCUT2D eigenvalue weighted by molar-refractivity contribution is 8.02. The Morgan fingerprint density at radius 2 is 2.10 bits per heavy atom. The van der Waals surface area contributed by atoms with Crippen molar-refractivity contribution in [1.29, 1.82) is 0 Å². The van der Waals surface area contributed by atoms with Gasteiger partial charge in [0.25, 0.3) is 0 Å². The highest BCUT2D eigenvalue weighted by Crippen LogP contribution is 2.07. The van der Waals surface area contributed by atoms with Gasteiger partial charge in [-0.3, -0.25) is 0 Å². The van der Waals surface area contributed by atoms with Crippen molar-refractivity contribution in [2.45, 2.75) is 6.42 Å². The van der Waals surface area contributed by atoms with Crippen LogP contribution in [0, 0.1) is 0 Å². The van der Waals surface area contributed by atoms with Crippen LogP contribution >= 0.6 is 35.1 Å². The number of halogens is 1. The van der Waals surface area contributed by atoms with Crippen molar-refractivity contribution in [2.24, 2.45) is 0 Å². The summed E-state index contributed by atoms with van der Waals surface area (Å²) in [5.74, 6) is 4.28. The Kier molecular flexibility index (Phi) is 10.4. The molecule has 0 aliphatic carbocycles. The largest absolute Gasteiger partial charge is 0.161 e. The van der Waals surface area contributed by atoms with E-state index in [9.17, 15) is 0 Å². The van der Waals surface area contributed by atoms with E-state index in [2.05, 4.69) is 6.58 Å². The molecular formula is C7H13ClS2. The Morgan fingerprint density at radius 3 is 2.70 bits per heavy atom. The standard InChI is InChI=1S/C7H13ClS2/c1-2-9-5-3-6-10-7-4-8/h2H,1,3-7H2. The number of hydrogen-bond donors (Lipinski definition) is 0. The summed E-state index contributed by atoms with van der Waals surface area (Å²) in [6, 6.07) is 0. The third-order valence-corrected chi connectivity index (χ3v) is 3.13. The molecule has 0 aliphatic heterocycles. The van der Waals surface area contributed by atoms with Crippen LogP contribution in [0.4, 0.5) is 0 Å². The third kappa shape index (κ3) is 8.73. The average molecular weight is 197 g/mol. The van der Waals surface area contributed by atoms with Crippen LogP contribution in [-0.2, 0) is 0 Å². The predicted octanol–water partition coefficient (Wildman–Crippen LogP) is 3.23. The molecule has 0 bridgehead atoms. The molecule has 0 radical (unpaired) electrons. The molecule has 10 heavy (non-hydrogen) atoms. The zero-order valence-corrected chi connectivity index (χ0v) is 8.40. The van der Waals surface area contributed by atoms with Crippen molar-refractivity contribution in [3.8, 4) is 0 Å². The molecular weight excluding hydrogens is 184 g/mol. The lowest BCUT2D eigenvalue weighted by molar-refractivity contribution is 1.13. The first kappa shape index (κ1) is 10.7. The lowest BCUT2D eigenvalue weighted by Crippen LogP contribution is -1.85. The van der Waals surface area contributed by atoms with E-state index in [4.69, 9.17) is 11.6 Å². The molecule has 0 fully saturated rings. The molecule has 0 nitrogen and oxygen atoms in total. The van der Waals surface area contributed by atoms with E-state index >= 15 is 0 Å². The lowest BCUT2D eigenvalue weighted by Gasteiger charge is -1.96. The first-order chi connectivity index (χ1) is 4.91. The molecule has 0 aliphatic rings. The van der Waals surface area contributed by atoms with Crippen molar-refractivity contribution in [2.75, 3.05) is 23.1 Å². The smallest absolute Gasteiger partial charge is 0.0314 e. The van der Waals surface area contributed by atoms with Gasteiger partial charge in [0.2, 0.25) is 0 Å². The molecule has 3 heteroatoms. The van der Waals surface area contributed by atoms with Gasteiger partial charge in [-0.15, -0.1) is 23.4 Å². The van der Waals surface area contributed by atoms with Gasteiger partial charge in [-0.05, 0) is 23.3 Å². The van der Waals surface area contributed by atoms with Crippen LogP contribution in [0.15, 0.2) is 12.0 Å². The summed E-state index contributed by atoms with van der Waals surface area (Å²) < 4.78 is 0. The quantitative estimate of drug-likeness (QED) is 0.453. The van der Waals surface area contributed by atoms with E-state index in [1.165, 1.54) is 17.9 Å². The molecule has 0 N–H and O–H groups in total. The molecule has 0 unspecified atom stereocenters. The Morgan fingerprint density at radius 1 is 1.30 bits per heavy atom. The second kappa shape index (κ2) is 9.73. The maximum atomic E-state index is 5.50. The number of thioether (sulfide) groups is 2. The van der Waals surface area contributed by atoms with Crippen molar-refractivity contribution in [3.63, 3.8) is 0 Å². The van der Waals surface area contributed by atoms with Gasteiger partial charge in [-0.2, -0.15) is 11.8 Å². The molecule has 0 rings (SSSR count). The molecule has 0 aromatic rings. The van der Waals surface area contributed by atoms with Crippen LogP contribution in [0.2, 0.25) is 0 Å². The first-order valence-electron chi connectivity index (χ1n) is 3.28. The average Bonchev–Trinajstić information content (AvgIpc) is 1.97. The molecule has 0 heterocycles. The summed E-state index contributed by atoms with van der Waals surface area (Å²) >= 11 is 9.21. The summed E-state index contributed by atoms with van der Waals surface area (Å²) in [6.45, 7) is 3.63. The van der Waals surface area contributed by atoms with Gasteiger partial charge in [0, 0.05) is 11.6 Å². The Hall–Kier alpha value is 0.730. The van der Waals surface area contributed by atoms with E-state index in [0.717, 1.165) is 11.6 Å². The minimum Gasteiger partial charge on any atom is -0.161 e. The Labute approximate surface area is 76.8 Å². The fourth-order valence-electron chi connectivity index (χ4n) is 0.484. The van der Waals surface area contributed by atoms with Gasteiger partial charge in [-0.1, -0.05) is 6.58 Å². The van der Waals surface area contributed by atoms with Gasteiger partial charge < -0.3 is 0 Å². The van der Waals surface area contributed by atoms with Crippen LogP contribution < -0.4 is 0 Å². The number of rotatable bonds is 7. The highest BCUT2D eigenvalue weighted by atomic mass is 35.5. The van der Waals surface area contributed by atoms with Crippen molar-refractivity contribution in [1.82, 2.24) is 0 Å². The summed E-state index contributed by atoms with van der Waals surface area (Å²) in [4.78, 5) is 0. The fraction of sp³-hybridized carbons (Fsp3) is 0.714. The van der Waals surface area contributed by atoms with Crippen LogP contribution in [0.25, 0.3) is 0 Å². The fourth-order valence-corrected chi connectivity index (χ4v) is 2.13. The van der Waals surface area contributed by atoms with E-state index < -0.39 is 0 Å². The van der Waals surface area contributed by atoms with Crippen molar-refractivity contribution >= 4 is 35.1 Å². The number of alkyl halides is 1. The van der Waals surface area contributed by atoms with E-state index in [0.29, 0.717) is 0 Å². The monoisotopic (exact) mass is 196 g/mol. The third-order valence-electron chi connectivity index (χ3n) is 0.890. The maximum absolute atomic E-state index is 5.50. The molecule has 0 aromatic carbocycles.